The molecule has 0 unspecified atom stereocenters. The van der Waals surface area contributed by atoms with Crippen molar-refractivity contribution < 1.29 is 13.6 Å². The Hall–Kier alpha value is -1.62. The van der Waals surface area contributed by atoms with Gasteiger partial charge in [-0.15, -0.1) is 11.3 Å². The highest BCUT2D eigenvalue weighted by Gasteiger charge is 2.17. The number of benzene rings is 1. The van der Waals surface area contributed by atoms with Gasteiger partial charge in [0.2, 0.25) is 0 Å². The first-order valence-electron chi connectivity index (χ1n) is 5.80. The van der Waals surface area contributed by atoms with Gasteiger partial charge in [0, 0.05) is 10.9 Å². The van der Waals surface area contributed by atoms with Gasteiger partial charge in [-0.3, -0.25) is 4.79 Å². The second kappa shape index (κ2) is 5.17. The van der Waals surface area contributed by atoms with Gasteiger partial charge in [-0.1, -0.05) is 0 Å². The molecule has 0 aliphatic heterocycles. The van der Waals surface area contributed by atoms with E-state index in [1.165, 1.54) is 24.3 Å². The first kappa shape index (κ1) is 13.8. The molecule has 0 bridgehead atoms. The van der Waals surface area contributed by atoms with Crippen LogP contribution in [0, 0.1) is 32.4 Å². The van der Waals surface area contributed by atoms with Crippen LogP contribution in [0.4, 0.5) is 8.78 Å². The number of rotatable bonds is 3. The Morgan fingerprint density at radius 2 is 1.89 bits per heavy atom. The van der Waals surface area contributed by atoms with Crippen molar-refractivity contribution >= 4 is 17.1 Å². The number of thiazole rings is 1. The third kappa shape index (κ3) is 2.87. The van der Waals surface area contributed by atoms with Crippen molar-refractivity contribution in [3.63, 3.8) is 0 Å². The van der Waals surface area contributed by atoms with Crippen LogP contribution in [0.5, 0.6) is 0 Å². The Morgan fingerprint density at radius 1 is 1.21 bits per heavy atom. The van der Waals surface area contributed by atoms with Crippen LogP contribution in [-0.4, -0.2) is 10.8 Å². The molecule has 1 heterocycles. The van der Waals surface area contributed by atoms with E-state index in [0.717, 1.165) is 16.6 Å². The number of carbonyl (C=O) groups is 1. The highest BCUT2D eigenvalue weighted by Crippen LogP contribution is 2.20. The molecule has 2 aromatic rings. The molecule has 1 aromatic carbocycles. The van der Waals surface area contributed by atoms with Gasteiger partial charge >= 0.3 is 0 Å². The molecule has 0 saturated carbocycles. The minimum absolute atomic E-state index is 0.0430. The molecule has 1 aromatic heterocycles. The molecule has 0 fully saturated rings. The van der Waals surface area contributed by atoms with E-state index in [1.54, 1.807) is 0 Å². The third-order valence-corrected chi connectivity index (χ3v) is 4.01. The molecular formula is C14H13F2NOS. The molecule has 19 heavy (non-hydrogen) atoms. The van der Waals surface area contributed by atoms with Crippen molar-refractivity contribution in [1.29, 1.82) is 0 Å². The van der Waals surface area contributed by atoms with E-state index in [1.807, 2.05) is 13.8 Å². The highest BCUT2D eigenvalue weighted by atomic mass is 32.1. The summed E-state index contributed by atoms with van der Waals surface area (Å²) in [4.78, 5) is 17.3. The van der Waals surface area contributed by atoms with Gasteiger partial charge in [0.25, 0.3) is 0 Å². The van der Waals surface area contributed by atoms with Crippen LogP contribution in [0.15, 0.2) is 12.1 Å². The molecule has 0 atom stereocenters. The molecule has 0 aliphatic rings. The van der Waals surface area contributed by atoms with Gasteiger partial charge in [-0.05, 0) is 32.4 Å². The molecule has 0 spiro atoms. The average molecular weight is 281 g/mol. The first-order valence-corrected chi connectivity index (χ1v) is 6.62. The van der Waals surface area contributed by atoms with Gasteiger partial charge < -0.3 is 0 Å². The number of aryl methyl sites for hydroxylation is 3. The summed E-state index contributed by atoms with van der Waals surface area (Å²) in [5.41, 5.74) is 1.06. The van der Waals surface area contributed by atoms with Crippen molar-refractivity contribution in [2.75, 3.05) is 0 Å². The monoisotopic (exact) mass is 281 g/mol. The fraction of sp³-hybridized carbons (Fsp3) is 0.286. The highest BCUT2D eigenvalue weighted by molar-refractivity contribution is 7.11. The number of hydrogen-bond donors (Lipinski definition) is 0. The summed E-state index contributed by atoms with van der Waals surface area (Å²) in [6.07, 6.45) is 0.0430. The van der Waals surface area contributed by atoms with Crippen LogP contribution in [0.1, 0.15) is 31.5 Å². The smallest absolute Gasteiger partial charge is 0.172 e. The zero-order chi connectivity index (χ0) is 14.2. The standard InChI is InChI=1S/C14H13F2NOS/c1-7-4-10(12(16)5-11(7)15)13(18)6-14-17-8(2)9(3)19-14/h4-5H,6H2,1-3H3. The lowest BCUT2D eigenvalue weighted by molar-refractivity contribution is 0.0989. The summed E-state index contributed by atoms with van der Waals surface area (Å²) in [5, 5.41) is 0.654. The summed E-state index contributed by atoms with van der Waals surface area (Å²) in [7, 11) is 0. The molecule has 100 valence electrons. The third-order valence-electron chi connectivity index (χ3n) is 2.93. The number of aromatic nitrogens is 1. The maximum absolute atomic E-state index is 13.6. The Morgan fingerprint density at radius 3 is 2.47 bits per heavy atom. The topological polar surface area (TPSA) is 30.0 Å². The van der Waals surface area contributed by atoms with E-state index in [-0.39, 0.29) is 23.3 Å². The molecule has 0 radical (unpaired) electrons. The van der Waals surface area contributed by atoms with Crippen LogP contribution in [0.3, 0.4) is 0 Å². The Labute approximate surface area is 114 Å². The summed E-state index contributed by atoms with van der Waals surface area (Å²) in [6, 6.07) is 2.00. The predicted molar refractivity (Wildman–Crippen MR) is 70.7 cm³/mol. The average Bonchev–Trinajstić information content (AvgIpc) is 2.62. The Bertz CT molecular complexity index is 630. The molecule has 2 nitrogen and oxygen atoms in total. The lowest BCUT2D eigenvalue weighted by Crippen LogP contribution is -2.07. The van der Waals surface area contributed by atoms with E-state index in [9.17, 15) is 13.6 Å². The van der Waals surface area contributed by atoms with Crippen LogP contribution in [0.25, 0.3) is 0 Å². The van der Waals surface area contributed by atoms with E-state index in [2.05, 4.69) is 4.98 Å². The zero-order valence-corrected chi connectivity index (χ0v) is 11.7. The fourth-order valence-electron chi connectivity index (χ4n) is 1.72. The predicted octanol–water partition coefficient (Wildman–Crippen LogP) is 3.77. The second-order valence-corrected chi connectivity index (χ2v) is 5.72. The fourth-order valence-corrected chi connectivity index (χ4v) is 2.65. The number of Topliss-reactive ketones (excluding diaryl/α,β-unsaturated/α-hetero) is 1. The Balaban J connectivity index is 2.27. The van der Waals surface area contributed by atoms with Gasteiger partial charge in [-0.25, -0.2) is 13.8 Å². The number of nitrogens with zero attached hydrogens (tertiary/aromatic N) is 1. The SMILES string of the molecule is Cc1cc(C(=O)Cc2nc(C)c(C)s2)c(F)cc1F. The summed E-state index contributed by atoms with van der Waals surface area (Å²) >= 11 is 1.42. The molecule has 5 heteroatoms. The molecule has 2 rings (SSSR count). The number of carbonyl (C=O) groups excluding carboxylic acids is 1. The summed E-state index contributed by atoms with van der Waals surface area (Å²) < 4.78 is 26.7. The maximum atomic E-state index is 13.6. The maximum Gasteiger partial charge on any atom is 0.172 e. The van der Waals surface area contributed by atoms with Crippen LogP contribution < -0.4 is 0 Å². The largest absolute Gasteiger partial charge is 0.294 e. The minimum Gasteiger partial charge on any atom is -0.294 e. The summed E-state index contributed by atoms with van der Waals surface area (Å²) in [6.45, 7) is 5.29. The van der Waals surface area contributed by atoms with Crippen molar-refractivity contribution in [3.05, 3.63) is 50.5 Å². The van der Waals surface area contributed by atoms with Crippen molar-refractivity contribution in [2.45, 2.75) is 27.2 Å². The first-order chi connectivity index (χ1) is 8.88. The normalized spacial score (nSPS) is 10.8. The quantitative estimate of drug-likeness (QED) is 0.802. The molecule has 0 aliphatic carbocycles. The number of halogens is 2. The van der Waals surface area contributed by atoms with Gasteiger partial charge in [-0.2, -0.15) is 0 Å². The van der Waals surface area contributed by atoms with Crippen LogP contribution >= 0.6 is 11.3 Å². The van der Waals surface area contributed by atoms with Crippen LogP contribution in [0.2, 0.25) is 0 Å². The number of hydrogen-bond acceptors (Lipinski definition) is 3. The Kier molecular flexibility index (Phi) is 3.75. The zero-order valence-electron chi connectivity index (χ0n) is 10.9. The molecule has 0 amide bonds. The lowest BCUT2D eigenvalue weighted by atomic mass is 10.0. The van der Waals surface area contributed by atoms with Crippen molar-refractivity contribution in [3.8, 4) is 0 Å². The van der Waals surface area contributed by atoms with Crippen molar-refractivity contribution in [1.82, 2.24) is 4.98 Å². The van der Waals surface area contributed by atoms with Gasteiger partial charge in [0.1, 0.15) is 16.6 Å². The van der Waals surface area contributed by atoms with Crippen molar-refractivity contribution in [2.24, 2.45) is 0 Å². The van der Waals surface area contributed by atoms with Gasteiger partial charge in [0.05, 0.1) is 17.7 Å². The van der Waals surface area contributed by atoms with E-state index < -0.39 is 11.6 Å². The summed E-state index contributed by atoms with van der Waals surface area (Å²) in [5.74, 6) is -1.84. The lowest BCUT2D eigenvalue weighted by Gasteiger charge is -2.03. The second-order valence-electron chi connectivity index (χ2n) is 4.43. The van der Waals surface area contributed by atoms with E-state index >= 15 is 0 Å². The van der Waals surface area contributed by atoms with E-state index in [4.69, 9.17) is 0 Å². The van der Waals surface area contributed by atoms with E-state index in [0.29, 0.717) is 5.01 Å². The minimum atomic E-state index is -0.821. The molecule has 0 saturated heterocycles. The number of ketones is 1. The van der Waals surface area contributed by atoms with Gasteiger partial charge in [0.15, 0.2) is 5.78 Å². The molecular weight excluding hydrogens is 268 g/mol. The molecule has 0 N–H and O–H groups in total. The van der Waals surface area contributed by atoms with Crippen LogP contribution in [-0.2, 0) is 6.42 Å².